The number of halogens is 2. The average Bonchev–Trinajstić information content (AvgIpc) is 2.38. The van der Waals surface area contributed by atoms with Crippen LogP contribution >= 0.6 is 15.9 Å². The van der Waals surface area contributed by atoms with Crippen LogP contribution in [0.3, 0.4) is 0 Å². The molecule has 0 bridgehead atoms. The number of rotatable bonds is 6. The van der Waals surface area contributed by atoms with Crippen molar-refractivity contribution < 1.29 is 18.7 Å². The van der Waals surface area contributed by atoms with E-state index < -0.39 is 17.8 Å². The lowest BCUT2D eigenvalue weighted by atomic mass is 10.3. The highest BCUT2D eigenvalue weighted by atomic mass is 79.9. The van der Waals surface area contributed by atoms with E-state index >= 15 is 0 Å². The molecule has 0 aliphatic heterocycles. The molecule has 2 N–H and O–H groups in total. The highest BCUT2D eigenvalue weighted by Gasteiger charge is 2.17. The number of hydrogen-bond acceptors (Lipinski definition) is 3. The molecule has 21 heavy (non-hydrogen) atoms. The van der Waals surface area contributed by atoms with E-state index in [2.05, 4.69) is 26.6 Å². The number of nitrogens with one attached hydrogen (secondary N) is 2. The van der Waals surface area contributed by atoms with Crippen molar-refractivity contribution in [2.24, 2.45) is 0 Å². The van der Waals surface area contributed by atoms with Crippen LogP contribution in [0.25, 0.3) is 0 Å². The predicted octanol–water partition coefficient (Wildman–Crippen LogP) is 2.00. The Bertz CT molecular complexity index is 523. The number of carbonyl (C=O) groups is 2. The molecule has 1 aromatic rings. The smallest absolute Gasteiger partial charge is 0.261 e. The topological polar surface area (TPSA) is 67.4 Å². The minimum atomic E-state index is -0.807. The van der Waals surface area contributed by atoms with E-state index in [1.54, 1.807) is 6.92 Å². The zero-order valence-corrected chi connectivity index (χ0v) is 13.7. The standard InChI is InChI=1S/C14H18BrFN2O3/c1-8(2)18-13(19)7-17-14(20)9(3)21-12-5-4-10(16)6-11(12)15/h4-6,8-9H,7H2,1-3H3,(H,17,20)(H,18,19). The predicted molar refractivity (Wildman–Crippen MR) is 80.5 cm³/mol. The Morgan fingerprint density at radius 2 is 2.00 bits per heavy atom. The highest BCUT2D eigenvalue weighted by molar-refractivity contribution is 9.10. The molecule has 1 atom stereocenters. The second-order valence-electron chi connectivity index (χ2n) is 4.77. The summed E-state index contributed by atoms with van der Waals surface area (Å²) >= 11 is 3.15. The second-order valence-corrected chi connectivity index (χ2v) is 5.63. The summed E-state index contributed by atoms with van der Waals surface area (Å²) in [5.41, 5.74) is 0. The van der Waals surface area contributed by atoms with Gasteiger partial charge in [0.2, 0.25) is 5.91 Å². The van der Waals surface area contributed by atoms with Gasteiger partial charge in [0.25, 0.3) is 5.91 Å². The van der Waals surface area contributed by atoms with Crippen molar-refractivity contribution in [2.75, 3.05) is 6.54 Å². The van der Waals surface area contributed by atoms with E-state index in [0.29, 0.717) is 10.2 Å². The molecule has 0 heterocycles. The molecule has 5 nitrogen and oxygen atoms in total. The lowest BCUT2D eigenvalue weighted by molar-refractivity contribution is -0.130. The second kappa shape index (κ2) is 7.97. The molecule has 0 radical (unpaired) electrons. The minimum absolute atomic E-state index is 0.0123. The van der Waals surface area contributed by atoms with E-state index in [-0.39, 0.29) is 18.5 Å². The molecule has 116 valence electrons. The van der Waals surface area contributed by atoms with Gasteiger partial charge in [-0.2, -0.15) is 0 Å². The molecule has 0 spiro atoms. The number of hydrogen-bond donors (Lipinski definition) is 2. The van der Waals surface area contributed by atoms with Crippen LogP contribution in [-0.4, -0.2) is 30.5 Å². The first-order valence-corrected chi connectivity index (χ1v) is 7.27. The van der Waals surface area contributed by atoms with Crippen LogP contribution in [0.4, 0.5) is 4.39 Å². The zero-order valence-electron chi connectivity index (χ0n) is 12.1. The minimum Gasteiger partial charge on any atom is -0.480 e. The molecule has 1 rings (SSSR count). The van der Waals surface area contributed by atoms with Gasteiger partial charge < -0.3 is 15.4 Å². The Hall–Kier alpha value is -1.63. The fraction of sp³-hybridized carbons (Fsp3) is 0.429. The molecule has 1 aromatic carbocycles. The number of carbonyl (C=O) groups excluding carboxylic acids is 2. The molecule has 2 amide bonds. The molecule has 7 heteroatoms. The quantitative estimate of drug-likeness (QED) is 0.815. The van der Waals surface area contributed by atoms with E-state index in [1.807, 2.05) is 13.8 Å². The van der Waals surface area contributed by atoms with Crippen LogP contribution in [0.2, 0.25) is 0 Å². The first-order valence-electron chi connectivity index (χ1n) is 6.48. The fourth-order valence-electron chi connectivity index (χ4n) is 1.50. The normalized spacial score (nSPS) is 11.9. The maximum absolute atomic E-state index is 12.9. The molecule has 0 saturated carbocycles. The summed E-state index contributed by atoms with van der Waals surface area (Å²) in [6.45, 7) is 5.09. The van der Waals surface area contributed by atoms with Crippen LogP contribution in [0.15, 0.2) is 22.7 Å². The Labute approximate surface area is 131 Å². The third-order valence-electron chi connectivity index (χ3n) is 2.44. The first-order chi connectivity index (χ1) is 9.79. The van der Waals surface area contributed by atoms with Crippen LogP contribution in [-0.2, 0) is 9.59 Å². The first kappa shape index (κ1) is 17.4. The summed E-state index contributed by atoms with van der Waals surface area (Å²) in [6, 6.07) is 3.92. The van der Waals surface area contributed by atoms with Crippen molar-refractivity contribution in [3.05, 3.63) is 28.5 Å². The van der Waals surface area contributed by atoms with Gasteiger partial charge in [0.05, 0.1) is 11.0 Å². The zero-order chi connectivity index (χ0) is 16.0. The van der Waals surface area contributed by atoms with Gasteiger partial charge in [0.15, 0.2) is 6.10 Å². The third-order valence-corrected chi connectivity index (χ3v) is 3.06. The molecular weight excluding hydrogens is 343 g/mol. The molecular formula is C14H18BrFN2O3. The van der Waals surface area contributed by atoms with Crippen LogP contribution in [0, 0.1) is 5.82 Å². The summed E-state index contributed by atoms with van der Waals surface area (Å²) in [6.07, 6.45) is -0.807. The summed E-state index contributed by atoms with van der Waals surface area (Å²) in [4.78, 5) is 23.2. The summed E-state index contributed by atoms with van der Waals surface area (Å²) in [5, 5.41) is 5.13. The van der Waals surface area contributed by atoms with Crippen molar-refractivity contribution in [3.8, 4) is 5.75 Å². The van der Waals surface area contributed by atoms with E-state index in [4.69, 9.17) is 4.74 Å². The Kier molecular flexibility index (Phi) is 6.61. The van der Waals surface area contributed by atoms with Crippen LogP contribution in [0.5, 0.6) is 5.75 Å². The van der Waals surface area contributed by atoms with Crippen molar-refractivity contribution >= 4 is 27.7 Å². The monoisotopic (exact) mass is 360 g/mol. The maximum atomic E-state index is 12.9. The lowest BCUT2D eigenvalue weighted by Gasteiger charge is -2.16. The fourth-order valence-corrected chi connectivity index (χ4v) is 1.94. The Morgan fingerprint density at radius 1 is 1.33 bits per heavy atom. The van der Waals surface area contributed by atoms with Crippen LogP contribution < -0.4 is 15.4 Å². The molecule has 0 saturated heterocycles. The van der Waals surface area contributed by atoms with Crippen molar-refractivity contribution in [2.45, 2.75) is 32.9 Å². The van der Waals surface area contributed by atoms with Gasteiger partial charge in [-0.3, -0.25) is 9.59 Å². The molecule has 1 unspecified atom stereocenters. The Balaban J connectivity index is 2.49. The van der Waals surface area contributed by atoms with Crippen molar-refractivity contribution in [3.63, 3.8) is 0 Å². The van der Waals surface area contributed by atoms with Gasteiger partial charge in [-0.1, -0.05) is 0 Å². The average molecular weight is 361 g/mol. The largest absolute Gasteiger partial charge is 0.480 e. The lowest BCUT2D eigenvalue weighted by Crippen LogP contribution is -2.43. The van der Waals surface area contributed by atoms with Gasteiger partial charge in [-0.05, 0) is 54.9 Å². The number of amides is 2. The molecule has 0 fully saturated rings. The van der Waals surface area contributed by atoms with Gasteiger partial charge in [-0.25, -0.2) is 4.39 Å². The van der Waals surface area contributed by atoms with Crippen molar-refractivity contribution in [1.29, 1.82) is 0 Å². The van der Waals surface area contributed by atoms with E-state index in [0.717, 1.165) is 0 Å². The van der Waals surface area contributed by atoms with Gasteiger partial charge in [0.1, 0.15) is 11.6 Å². The SMILES string of the molecule is CC(C)NC(=O)CNC(=O)C(C)Oc1ccc(F)cc1Br. The van der Waals surface area contributed by atoms with Crippen LogP contribution in [0.1, 0.15) is 20.8 Å². The third kappa shape index (κ3) is 6.12. The van der Waals surface area contributed by atoms with E-state index in [9.17, 15) is 14.0 Å². The summed E-state index contributed by atoms with van der Waals surface area (Å²) in [5.74, 6) is -0.749. The maximum Gasteiger partial charge on any atom is 0.261 e. The van der Waals surface area contributed by atoms with Gasteiger partial charge in [0, 0.05) is 6.04 Å². The Morgan fingerprint density at radius 3 is 2.57 bits per heavy atom. The molecule has 0 aliphatic rings. The van der Waals surface area contributed by atoms with Crippen molar-refractivity contribution in [1.82, 2.24) is 10.6 Å². The summed E-state index contributed by atoms with van der Waals surface area (Å²) in [7, 11) is 0. The van der Waals surface area contributed by atoms with E-state index in [1.165, 1.54) is 18.2 Å². The molecule has 0 aromatic heterocycles. The van der Waals surface area contributed by atoms with Gasteiger partial charge in [-0.15, -0.1) is 0 Å². The number of benzene rings is 1. The molecule has 0 aliphatic carbocycles. The highest BCUT2D eigenvalue weighted by Crippen LogP contribution is 2.26. The number of ether oxygens (including phenoxy) is 1. The summed E-state index contributed by atoms with van der Waals surface area (Å²) < 4.78 is 18.8. The van der Waals surface area contributed by atoms with Gasteiger partial charge >= 0.3 is 0 Å².